The van der Waals surface area contributed by atoms with E-state index in [4.69, 9.17) is 66.3 Å². The first kappa shape index (κ1) is 105. The molecule has 10 aromatic rings. The summed E-state index contributed by atoms with van der Waals surface area (Å²) in [5.41, 5.74) is 14.7. The van der Waals surface area contributed by atoms with Gasteiger partial charge < -0.3 is 97.0 Å². The van der Waals surface area contributed by atoms with E-state index in [9.17, 15) is 39.8 Å². The van der Waals surface area contributed by atoms with Gasteiger partial charge in [0, 0.05) is 98.3 Å². The Morgan fingerprint density at radius 3 is 1.17 bits per heavy atom. The van der Waals surface area contributed by atoms with E-state index in [0.29, 0.717) is 115 Å². The summed E-state index contributed by atoms with van der Waals surface area (Å²) < 4.78 is 94.9. The third-order valence-electron chi connectivity index (χ3n) is 24.5. The van der Waals surface area contributed by atoms with Gasteiger partial charge in [0.05, 0.1) is 89.4 Å². The predicted octanol–water partition coefficient (Wildman–Crippen LogP) is 25.2. The molecule has 4 unspecified atom stereocenters. The Bertz CT molecular complexity index is 5000. The number of hydrogen-bond donors (Lipinski definition) is 6. The number of esters is 1. The highest BCUT2D eigenvalue weighted by molar-refractivity contribution is 5.89. The number of benzene rings is 10. The van der Waals surface area contributed by atoms with Gasteiger partial charge in [-0.15, -0.1) is 0 Å². The number of ether oxygens (including phenoxy) is 14. The summed E-state index contributed by atoms with van der Waals surface area (Å²) in [5, 5.41) is 60.3. The van der Waals surface area contributed by atoms with E-state index in [0.717, 1.165) is 124 Å². The second-order valence-corrected chi connectivity index (χ2v) is 34.4. The van der Waals surface area contributed by atoms with E-state index < -0.39 is 18.9 Å². The first-order valence-electron chi connectivity index (χ1n) is 46.4. The number of alkyl halides is 1. The summed E-state index contributed by atoms with van der Waals surface area (Å²) in [7, 11) is 9.78. The van der Waals surface area contributed by atoms with E-state index in [2.05, 4.69) is 72.7 Å². The summed E-state index contributed by atoms with van der Waals surface area (Å²) in [6, 6.07) is 55.9. The van der Waals surface area contributed by atoms with Gasteiger partial charge in [-0.3, -0.25) is 0 Å². The SMILES string of the molecule is CCC(C)(F)c1ccc(OCc2cc(COC3CCCCC3)c(O)c(COC3CCCCC3)c2)cc1.CCC(C)c1ccc(C(=O)OCCOc2c(COC)cc(-c3cc(COC)c(O)c(COC)c3)cc2COC)cc1.CCC(C)c1ccc(OCc2cc(CO)c(O)c(CO)c2O)cc1.CCC(C)c1ccc(Oc2ccc(Oc3c(COC)cc(C)cc3COC)cc2)cc1. The molecule has 0 radical (unpaired) electrons. The van der Waals surface area contributed by atoms with Crippen LogP contribution in [0.2, 0.25) is 0 Å². The largest absolute Gasteiger partial charge is 0.507 e. The maximum Gasteiger partial charge on any atom is 0.338 e. The van der Waals surface area contributed by atoms with E-state index in [1.54, 1.807) is 73.8 Å². The minimum Gasteiger partial charge on any atom is -0.507 e. The molecule has 0 amide bonds. The summed E-state index contributed by atoms with van der Waals surface area (Å²) in [6.07, 6.45) is 16.0. The van der Waals surface area contributed by atoms with Crippen molar-refractivity contribution in [1.29, 1.82) is 0 Å². The number of phenolic OH excluding ortho intramolecular Hbond substituents is 2. The van der Waals surface area contributed by atoms with Crippen LogP contribution in [0.25, 0.3) is 11.1 Å². The first-order valence-corrected chi connectivity index (χ1v) is 46.4. The fourth-order valence-electron chi connectivity index (χ4n) is 15.9. The van der Waals surface area contributed by atoms with Crippen molar-refractivity contribution in [2.24, 2.45) is 0 Å². The molecule has 10 aromatic carbocycles. The van der Waals surface area contributed by atoms with Crippen LogP contribution in [-0.4, -0.2) is 105 Å². The number of halogens is 1. The lowest BCUT2D eigenvalue weighted by molar-refractivity contribution is 0.0127. The quantitative estimate of drug-likeness (QED) is 0.0153. The Hall–Kier alpha value is -10.6. The fraction of sp³-hybridized carbons (Fsp3) is 0.445. The van der Waals surface area contributed by atoms with Crippen molar-refractivity contribution in [1.82, 2.24) is 0 Å². The molecule has 132 heavy (non-hydrogen) atoms. The number of aryl methyl sites for hydroxylation is 1. The Kier molecular flexibility index (Phi) is 43.4. The van der Waals surface area contributed by atoms with Crippen LogP contribution in [0.4, 0.5) is 4.39 Å². The molecule has 0 aliphatic heterocycles. The molecule has 2 fully saturated rings. The normalized spacial score (nSPS) is 13.9. The van der Waals surface area contributed by atoms with Crippen LogP contribution in [0.3, 0.4) is 0 Å². The maximum atomic E-state index is 14.6. The zero-order valence-electron chi connectivity index (χ0n) is 80.1. The minimum absolute atomic E-state index is 0.00716. The van der Waals surface area contributed by atoms with Crippen molar-refractivity contribution in [3.63, 3.8) is 0 Å². The lowest BCUT2D eigenvalue weighted by atomic mass is 9.95. The molecular formula is C110H141FO21. The lowest BCUT2D eigenvalue weighted by Crippen LogP contribution is -2.17. The summed E-state index contributed by atoms with van der Waals surface area (Å²) >= 11 is 0. The topological polar surface area (TPSA) is 268 Å². The third-order valence-corrected chi connectivity index (χ3v) is 24.5. The van der Waals surface area contributed by atoms with Gasteiger partial charge >= 0.3 is 5.97 Å². The molecule has 21 nitrogen and oxygen atoms in total. The summed E-state index contributed by atoms with van der Waals surface area (Å²) in [5.74, 6) is 6.09. The molecule has 0 saturated heterocycles. The molecule has 0 aromatic heterocycles. The predicted molar refractivity (Wildman–Crippen MR) is 514 cm³/mol. The number of hydrogen-bond acceptors (Lipinski definition) is 21. The third kappa shape index (κ3) is 31.3. The zero-order valence-corrected chi connectivity index (χ0v) is 80.1. The van der Waals surface area contributed by atoms with Crippen LogP contribution < -0.4 is 23.7 Å². The first-order chi connectivity index (χ1) is 63.8. The van der Waals surface area contributed by atoms with Gasteiger partial charge in [0.15, 0.2) is 0 Å². The molecule has 4 atom stereocenters. The summed E-state index contributed by atoms with van der Waals surface area (Å²) in [4.78, 5) is 12.6. The smallest absolute Gasteiger partial charge is 0.338 e. The van der Waals surface area contributed by atoms with E-state index in [1.807, 2.05) is 128 Å². The minimum atomic E-state index is -1.34. The molecule has 0 bridgehead atoms. The highest BCUT2D eigenvalue weighted by atomic mass is 19.1. The molecule has 2 aliphatic carbocycles. The Balaban J connectivity index is 0.000000201. The van der Waals surface area contributed by atoms with Crippen molar-refractivity contribution < 1.29 is 106 Å². The molecule has 12 rings (SSSR count). The van der Waals surface area contributed by atoms with Crippen LogP contribution in [0.1, 0.15) is 268 Å². The van der Waals surface area contributed by atoms with Gasteiger partial charge in [0.1, 0.15) is 95.3 Å². The van der Waals surface area contributed by atoms with Gasteiger partial charge in [0.2, 0.25) is 0 Å². The highest BCUT2D eigenvalue weighted by Gasteiger charge is 2.26. The van der Waals surface area contributed by atoms with Crippen LogP contribution in [-0.2, 0) is 128 Å². The van der Waals surface area contributed by atoms with E-state index >= 15 is 0 Å². The number of carbonyl (C=O) groups excluding carboxylic acids is 1. The Labute approximate surface area is 781 Å². The van der Waals surface area contributed by atoms with Gasteiger partial charge in [-0.05, 0) is 237 Å². The molecule has 6 N–H and O–H groups in total. The molecule has 0 heterocycles. The van der Waals surface area contributed by atoms with Gasteiger partial charge in [0.25, 0.3) is 0 Å². The molecule has 2 aliphatic rings. The number of aliphatic hydroxyl groups excluding tert-OH is 2. The van der Waals surface area contributed by atoms with E-state index in [1.165, 1.54) is 61.3 Å². The van der Waals surface area contributed by atoms with Crippen molar-refractivity contribution in [2.75, 3.05) is 55.9 Å². The second kappa shape index (κ2) is 54.5. The maximum absolute atomic E-state index is 14.6. The zero-order chi connectivity index (χ0) is 95.1. The number of methoxy groups -OCH3 is 6. The van der Waals surface area contributed by atoms with Crippen molar-refractivity contribution >= 4 is 5.97 Å². The van der Waals surface area contributed by atoms with Crippen LogP contribution in [0.15, 0.2) is 176 Å². The van der Waals surface area contributed by atoms with Gasteiger partial charge in [-0.1, -0.05) is 153 Å². The van der Waals surface area contributed by atoms with Crippen LogP contribution in [0, 0.1) is 6.92 Å². The summed E-state index contributed by atoms with van der Waals surface area (Å²) in [6.45, 7) is 21.2. The van der Waals surface area contributed by atoms with Crippen LogP contribution >= 0.6 is 0 Å². The average Bonchev–Trinajstić information content (AvgIpc) is 0.788. The van der Waals surface area contributed by atoms with E-state index in [-0.39, 0.29) is 85.3 Å². The number of rotatable bonds is 44. The van der Waals surface area contributed by atoms with Crippen molar-refractivity contribution in [3.05, 3.63) is 276 Å². The van der Waals surface area contributed by atoms with Gasteiger partial charge in [-0.2, -0.15) is 0 Å². The molecule has 714 valence electrons. The lowest BCUT2D eigenvalue weighted by Gasteiger charge is -2.24. The average molecular weight is 1820 g/mol. The monoisotopic (exact) mass is 1820 g/mol. The molecular weight excluding hydrogens is 1680 g/mol. The molecule has 2 saturated carbocycles. The highest BCUT2D eigenvalue weighted by Crippen LogP contribution is 2.41. The number of aliphatic hydroxyl groups is 2. The fourth-order valence-corrected chi connectivity index (χ4v) is 15.9. The van der Waals surface area contributed by atoms with Crippen LogP contribution in [0.5, 0.6) is 63.2 Å². The van der Waals surface area contributed by atoms with Gasteiger partial charge in [-0.25, -0.2) is 9.18 Å². The van der Waals surface area contributed by atoms with Crippen molar-refractivity contribution in [3.8, 4) is 74.4 Å². The Morgan fingerprint density at radius 2 is 0.750 bits per heavy atom. The second-order valence-electron chi connectivity index (χ2n) is 34.4. The standard InChI is InChI=1S/C33H42O8.C31H43FO4.C27H32O4.C19H24O5/c1-7-22(2)23-8-10-24(11-9-23)33(35)41-13-12-40-32-29(20-38-5)16-26(17-30(32)21-39-6)25-14-27(18-36-3)31(34)28(15-25)19-37-4;1-3-31(2,32)26-14-16-29(17-15-26)34-20-23-18-24(21-35-27-10-6-4-7-11-27)30(33)25(19-23)22-36-28-12-8-5-9-13-28;1-6-20(3)21-7-9-24(10-8-21)30-25-11-13-26(14-12-25)31-27-22(17-28-4)15-19(2)16-23(27)18-29-5;1-3-12(2)13-4-6-16(7-5-13)24-11-15-8-14(9-20)18(22)17(10-21)19(15)23/h8-11,14-17,22,34H,7,12-13,18-21H2,1-6H3;14-19,27-28,33H,3-13,20-22H2,1-2H3;7-16,20H,6,17-18H2,1-5H3;4-8,12,20-23H,3,9-11H2,1-2H3. The number of phenols is 4. The van der Waals surface area contributed by atoms with Crippen molar-refractivity contribution in [2.45, 2.75) is 267 Å². The number of aromatic hydroxyl groups is 4. The number of carbonyl (C=O) groups is 1. The Morgan fingerprint density at radius 1 is 0.386 bits per heavy atom. The molecule has 22 heteroatoms. The molecule has 0 spiro atoms.